The van der Waals surface area contributed by atoms with Crippen molar-refractivity contribution in [2.45, 2.75) is 32.6 Å². The van der Waals surface area contributed by atoms with E-state index >= 15 is 0 Å². The van der Waals surface area contributed by atoms with Gasteiger partial charge in [0, 0.05) is 6.42 Å². The van der Waals surface area contributed by atoms with Crippen LogP contribution in [-0.2, 0) is 0 Å². The zero-order chi connectivity index (χ0) is 11.3. The maximum Gasteiger partial charge on any atom is 0.122 e. The SMILES string of the molecule is C#CCC(CC)c1cc(C)ccc1OC. The van der Waals surface area contributed by atoms with Gasteiger partial charge in [-0.3, -0.25) is 0 Å². The lowest BCUT2D eigenvalue weighted by atomic mass is 9.91. The van der Waals surface area contributed by atoms with Crippen LogP contribution in [0.1, 0.15) is 36.8 Å². The Hall–Kier alpha value is -1.42. The number of aryl methyl sites for hydroxylation is 1. The lowest BCUT2D eigenvalue weighted by Gasteiger charge is -2.16. The van der Waals surface area contributed by atoms with Crippen molar-refractivity contribution < 1.29 is 4.74 Å². The molecule has 0 saturated heterocycles. The van der Waals surface area contributed by atoms with Crippen molar-refractivity contribution in [3.8, 4) is 18.1 Å². The van der Waals surface area contributed by atoms with Gasteiger partial charge in [0.15, 0.2) is 0 Å². The van der Waals surface area contributed by atoms with Gasteiger partial charge < -0.3 is 4.74 Å². The van der Waals surface area contributed by atoms with Crippen molar-refractivity contribution in [3.63, 3.8) is 0 Å². The quantitative estimate of drug-likeness (QED) is 0.679. The molecule has 1 unspecified atom stereocenters. The highest BCUT2D eigenvalue weighted by molar-refractivity contribution is 5.39. The Kier molecular flexibility index (Phi) is 4.24. The highest BCUT2D eigenvalue weighted by Gasteiger charge is 2.13. The van der Waals surface area contributed by atoms with E-state index < -0.39 is 0 Å². The van der Waals surface area contributed by atoms with Gasteiger partial charge >= 0.3 is 0 Å². The van der Waals surface area contributed by atoms with Gasteiger partial charge in [0.1, 0.15) is 5.75 Å². The molecule has 0 radical (unpaired) electrons. The molecule has 0 amide bonds. The normalized spacial score (nSPS) is 11.9. The van der Waals surface area contributed by atoms with Crippen LogP contribution in [0.3, 0.4) is 0 Å². The first-order valence-corrected chi connectivity index (χ1v) is 5.30. The molecule has 1 atom stereocenters. The predicted molar refractivity (Wildman–Crippen MR) is 64.2 cm³/mol. The first kappa shape index (κ1) is 11.7. The molecule has 1 nitrogen and oxygen atoms in total. The van der Waals surface area contributed by atoms with Crippen LogP contribution in [0.4, 0.5) is 0 Å². The van der Waals surface area contributed by atoms with E-state index in [4.69, 9.17) is 11.2 Å². The number of hydrogen-bond acceptors (Lipinski definition) is 1. The van der Waals surface area contributed by atoms with E-state index in [2.05, 4.69) is 31.9 Å². The molecule has 1 heteroatoms. The highest BCUT2D eigenvalue weighted by atomic mass is 16.5. The van der Waals surface area contributed by atoms with Gasteiger partial charge in [-0.2, -0.15) is 0 Å². The Bertz CT molecular complexity index is 360. The molecule has 0 saturated carbocycles. The molecule has 0 fully saturated rings. The van der Waals surface area contributed by atoms with Gasteiger partial charge in [-0.15, -0.1) is 12.3 Å². The van der Waals surface area contributed by atoms with Crippen molar-refractivity contribution in [1.29, 1.82) is 0 Å². The summed E-state index contributed by atoms with van der Waals surface area (Å²) in [4.78, 5) is 0. The van der Waals surface area contributed by atoms with E-state index in [1.54, 1.807) is 7.11 Å². The third kappa shape index (κ3) is 2.76. The molecular weight excluding hydrogens is 184 g/mol. The Morgan fingerprint density at radius 2 is 2.20 bits per heavy atom. The minimum atomic E-state index is 0.407. The summed E-state index contributed by atoms with van der Waals surface area (Å²) in [6, 6.07) is 6.25. The van der Waals surface area contributed by atoms with Crippen molar-refractivity contribution in [2.75, 3.05) is 7.11 Å². The second-order valence-electron chi connectivity index (χ2n) is 3.76. The molecule has 0 aliphatic heterocycles. The monoisotopic (exact) mass is 202 g/mol. The lowest BCUT2D eigenvalue weighted by Crippen LogP contribution is -2.00. The third-order valence-corrected chi connectivity index (χ3v) is 2.68. The van der Waals surface area contributed by atoms with Crippen molar-refractivity contribution >= 4 is 0 Å². The topological polar surface area (TPSA) is 9.23 Å². The molecule has 1 rings (SSSR count). The van der Waals surface area contributed by atoms with Crippen LogP contribution in [-0.4, -0.2) is 7.11 Å². The fourth-order valence-electron chi connectivity index (χ4n) is 1.79. The van der Waals surface area contributed by atoms with Crippen LogP contribution in [0.2, 0.25) is 0 Å². The Labute approximate surface area is 92.5 Å². The van der Waals surface area contributed by atoms with Gasteiger partial charge in [-0.1, -0.05) is 24.6 Å². The second kappa shape index (κ2) is 5.46. The Morgan fingerprint density at radius 1 is 1.47 bits per heavy atom. The minimum Gasteiger partial charge on any atom is -0.496 e. The number of rotatable bonds is 4. The fourth-order valence-corrected chi connectivity index (χ4v) is 1.79. The minimum absolute atomic E-state index is 0.407. The maximum atomic E-state index is 5.38. The van der Waals surface area contributed by atoms with E-state index in [0.29, 0.717) is 5.92 Å². The average molecular weight is 202 g/mol. The number of benzene rings is 1. The molecule has 1 aromatic rings. The second-order valence-corrected chi connectivity index (χ2v) is 3.76. The summed E-state index contributed by atoms with van der Waals surface area (Å²) >= 11 is 0. The molecule has 0 bridgehead atoms. The van der Waals surface area contributed by atoms with Gasteiger partial charge in [0.25, 0.3) is 0 Å². The molecule has 0 aliphatic rings. The zero-order valence-corrected chi connectivity index (χ0v) is 9.71. The molecule has 1 aromatic carbocycles. The largest absolute Gasteiger partial charge is 0.496 e. The summed E-state index contributed by atoms with van der Waals surface area (Å²) < 4.78 is 5.36. The number of hydrogen-bond donors (Lipinski definition) is 0. The fraction of sp³-hybridized carbons (Fsp3) is 0.429. The van der Waals surface area contributed by atoms with E-state index in [0.717, 1.165) is 18.6 Å². The van der Waals surface area contributed by atoms with Crippen LogP contribution >= 0.6 is 0 Å². The van der Waals surface area contributed by atoms with Crippen LogP contribution in [0.15, 0.2) is 18.2 Å². The molecule has 0 aliphatic carbocycles. The van der Waals surface area contributed by atoms with Gasteiger partial charge in [-0.25, -0.2) is 0 Å². The Balaban J connectivity index is 3.09. The van der Waals surface area contributed by atoms with E-state index in [1.807, 2.05) is 6.07 Å². The molecule has 0 heterocycles. The summed E-state index contributed by atoms with van der Waals surface area (Å²) in [5, 5.41) is 0. The van der Waals surface area contributed by atoms with Gasteiger partial charge in [-0.05, 0) is 30.9 Å². The van der Waals surface area contributed by atoms with Crippen molar-refractivity contribution in [1.82, 2.24) is 0 Å². The van der Waals surface area contributed by atoms with E-state index in [-0.39, 0.29) is 0 Å². The van der Waals surface area contributed by atoms with Crippen LogP contribution in [0, 0.1) is 19.3 Å². The first-order valence-electron chi connectivity index (χ1n) is 5.30. The van der Waals surface area contributed by atoms with Crippen molar-refractivity contribution in [3.05, 3.63) is 29.3 Å². The van der Waals surface area contributed by atoms with Crippen LogP contribution in [0.25, 0.3) is 0 Å². The summed E-state index contributed by atoms with van der Waals surface area (Å²) in [5.41, 5.74) is 2.49. The summed E-state index contributed by atoms with van der Waals surface area (Å²) in [5.74, 6) is 4.09. The zero-order valence-electron chi connectivity index (χ0n) is 9.71. The molecule has 80 valence electrons. The highest BCUT2D eigenvalue weighted by Crippen LogP contribution is 2.31. The molecule has 0 aromatic heterocycles. The molecular formula is C14H18O. The summed E-state index contributed by atoms with van der Waals surface area (Å²) in [7, 11) is 1.71. The number of terminal acetylenes is 1. The van der Waals surface area contributed by atoms with Crippen LogP contribution in [0.5, 0.6) is 5.75 Å². The smallest absolute Gasteiger partial charge is 0.122 e. The molecule has 0 spiro atoms. The van der Waals surface area contributed by atoms with Gasteiger partial charge in [0.05, 0.1) is 7.11 Å². The Morgan fingerprint density at radius 3 is 2.73 bits per heavy atom. The lowest BCUT2D eigenvalue weighted by molar-refractivity contribution is 0.404. The third-order valence-electron chi connectivity index (χ3n) is 2.68. The summed E-state index contributed by atoms with van der Waals surface area (Å²) in [6.07, 6.45) is 7.20. The molecule has 15 heavy (non-hydrogen) atoms. The van der Waals surface area contributed by atoms with Gasteiger partial charge in [0.2, 0.25) is 0 Å². The standard InChI is InChI=1S/C14H18O/c1-5-7-12(6-2)13-10-11(3)8-9-14(13)15-4/h1,8-10,12H,6-7H2,2-4H3. The average Bonchev–Trinajstić information content (AvgIpc) is 2.26. The number of ether oxygens (including phenoxy) is 1. The maximum absolute atomic E-state index is 5.38. The van der Waals surface area contributed by atoms with Crippen molar-refractivity contribution in [2.24, 2.45) is 0 Å². The van der Waals surface area contributed by atoms with Crippen LogP contribution < -0.4 is 4.74 Å². The molecule has 0 N–H and O–H groups in total. The summed E-state index contributed by atoms with van der Waals surface area (Å²) in [6.45, 7) is 4.25. The van der Waals surface area contributed by atoms with E-state index in [1.165, 1.54) is 11.1 Å². The predicted octanol–water partition coefficient (Wildman–Crippen LogP) is 3.52. The number of methoxy groups -OCH3 is 1. The first-order chi connectivity index (χ1) is 7.22. The van der Waals surface area contributed by atoms with E-state index in [9.17, 15) is 0 Å².